The first-order valence-corrected chi connectivity index (χ1v) is 4.67. The summed E-state index contributed by atoms with van der Waals surface area (Å²) >= 11 is 0. The predicted molar refractivity (Wildman–Crippen MR) is 49.2 cm³/mol. The van der Waals surface area contributed by atoms with Crippen molar-refractivity contribution in [2.45, 2.75) is 19.3 Å². The Morgan fingerprint density at radius 1 is 1.46 bits per heavy atom. The molecule has 3 atom stereocenters. The third kappa shape index (κ3) is 2.31. The molecule has 0 aromatic carbocycles. The SMILES string of the molecule is C=CCC1C(CCCO)C1C(=O)O. The lowest BCUT2D eigenvalue weighted by atomic mass is 10.1. The average Bonchev–Trinajstić information content (AvgIpc) is 2.76. The molecule has 1 fully saturated rings. The molecule has 0 amide bonds. The molecule has 0 aromatic heterocycles. The first-order chi connectivity index (χ1) is 6.22. The molecule has 0 aliphatic heterocycles. The molecule has 0 saturated heterocycles. The maximum absolute atomic E-state index is 10.7. The molecule has 0 heterocycles. The molecule has 3 heteroatoms. The highest BCUT2D eigenvalue weighted by Gasteiger charge is 2.52. The second-order valence-corrected chi connectivity index (χ2v) is 3.58. The van der Waals surface area contributed by atoms with Crippen LogP contribution in [0.4, 0.5) is 0 Å². The molecule has 2 N–H and O–H groups in total. The van der Waals surface area contributed by atoms with Crippen molar-refractivity contribution in [3.63, 3.8) is 0 Å². The number of aliphatic carboxylic acids is 1. The second-order valence-electron chi connectivity index (χ2n) is 3.58. The zero-order valence-corrected chi connectivity index (χ0v) is 7.65. The highest BCUT2D eigenvalue weighted by molar-refractivity contribution is 5.74. The normalized spacial score (nSPS) is 31.3. The Balaban J connectivity index is 2.37. The molecular formula is C10H16O3. The van der Waals surface area contributed by atoms with E-state index in [1.165, 1.54) is 0 Å². The minimum atomic E-state index is -0.699. The zero-order valence-electron chi connectivity index (χ0n) is 7.65. The van der Waals surface area contributed by atoms with Crippen LogP contribution in [0.1, 0.15) is 19.3 Å². The summed E-state index contributed by atoms with van der Waals surface area (Å²) in [6.45, 7) is 3.76. The summed E-state index contributed by atoms with van der Waals surface area (Å²) < 4.78 is 0. The van der Waals surface area contributed by atoms with Crippen LogP contribution in [0.2, 0.25) is 0 Å². The smallest absolute Gasteiger partial charge is 0.307 e. The lowest BCUT2D eigenvalue weighted by molar-refractivity contribution is -0.139. The van der Waals surface area contributed by atoms with Crippen molar-refractivity contribution in [2.75, 3.05) is 6.61 Å². The number of hydrogen-bond acceptors (Lipinski definition) is 2. The standard InChI is InChI=1S/C10H16O3/c1-2-4-7-8(5-3-6-11)9(7)10(12)13/h2,7-9,11H,1,3-6H2,(H,12,13). The van der Waals surface area contributed by atoms with E-state index in [1.807, 2.05) is 0 Å². The number of hydrogen-bond donors (Lipinski definition) is 2. The van der Waals surface area contributed by atoms with Gasteiger partial charge in [0.2, 0.25) is 0 Å². The van der Waals surface area contributed by atoms with Gasteiger partial charge in [0.15, 0.2) is 0 Å². The number of allylic oxidation sites excluding steroid dienone is 1. The highest BCUT2D eigenvalue weighted by Crippen LogP contribution is 2.51. The molecule has 74 valence electrons. The monoisotopic (exact) mass is 184 g/mol. The molecule has 1 saturated carbocycles. The first-order valence-electron chi connectivity index (χ1n) is 4.67. The van der Waals surface area contributed by atoms with E-state index in [9.17, 15) is 4.79 Å². The van der Waals surface area contributed by atoms with Crippen LogP contribution in [0.5, 0.6) is 0 Å². The van der Waals surface area contributed by atoms with Crippen molar-refractivity contribution in [3.05, 3.63) is 12.7 Å². The summed E-state index contributed by atoms with van der Waals surface area (Å²) in [5, 5.41) is 17.4. The van der Waals surface area contributed by atoms with Gasteiger partial charge in [-0.25, -0.2) is 0 Å². The van der Waals surface area contributed by atoms with Crippen LogP contribution in [0, 0.1) is 17.8 Å². The summed E-state index contributed by atoms with van der Waals surface area (Å²) in [7, 11) is 0. The van der Waals surface area contributed by atoms with E-state index in [0.29, 0.717) is 6.42 Å². The van der Waals surface area contributed by atoms with Crippen molar-refractivity contribution >= 4 is 5.97 Å². The van der Waals surface area contributed by atoms with Crippen LogP contribution < -0.4 is 0 Å². The van der Waals surface area contributed by atoms with E-state index in [2.05, 4.69) is 6.58 Å². The fourth-order valence-electron chi connectivity index (χ4n) is 2.05. The van der Waals surface area contributed by atoms with Crippen LogP contribution in [-0.4, -0.2) is 22.8 Å². The van der Waals surface area contributed by atoms with E-state index in [-0.39, 0.29) is 24.4 Å². The third-order valence-corrected chi connectivity index (χ3v) is 2.75. The van der Waals surface area contributed by atoms with Crippen LogP contribution in [0.3, 0.4) is 0 Å². The quantitative estimate of drug-likeness (QED) is 0.611. The summed E-state index contributed by atoms with van der Waals surface area (Å²) in [5.41, 5.74) is 0. The van der Waals surface area contributed by atoms with Gasteiger partial charge >= 0.3 is 5.97 Å². The average molecular weight is 184 g/mol. The molecule has 0 bridgehead atoms. The zero-order chi connectivity index (χ0) is 9.84. The van der Waals surface area contributed by atoms with Crippen molar-refractivity contribution in [3.8, 4) is 0 Å². The maximum Gasteiger partial charge on any atom is 0.307 e. The van der Waals surface area contributed by atoms with Crippen LogP contribution in [0.25, 0.3) is 0 Å². The minimum absolute atomic E-state index is 0.156. The first kappa shape index (κ1) is 10.3. The van der Waals surface area contributed by atoms with Crippen molar-refractivity contribution in [2.24, 2.45) is 17.8 Å². The number of carboxylic acids is 1. The molecule has 1 rings (SSSR count). The lowest BCUT2D eigenvalue weighted by Gasteiger charge is -1.93. The van der Waals surface area contributed by atoms with Gasteiger partial charge < -0.3 is 10.2 Å². The van der Waals surface area contributed by atoms with Gasteiger partial charge in [0.1, 0.15) is 0 Å². The Kier molecular flexibility index (Phi) is 3.48. The highest BCUT2D eigenvalue weighted by atomic mass is 16.4. The molecule has 3 nitrogen and oxygen atoms in total. The van der Waals surface area contributed by atoms with E-state index >= 15 is 0 Å². The molecule has 13 heavy (non-hydrogen) atoms. The van der Waals surface area contributed by atoms with Gasteiger partial charge in [-0.2, -0.15) is 0 Å². The van der Waals surface area contributed by atoms with Crippen molar-refractivity contribution < 1.29 is 15.0 Å². The van der Waals surface area contributed by atoms with Gasteiger partial charge in [-0.15, -0.1) is 6.58 Å². The topological polar surface area (TPSA) is 57.5 Å². The fraction of sp³-hybridized carbons (Fsp3) is 0.700. The summed E-state index contributed by atoms with van der Waals surface area (Å²) in [4.78, 5) is 10.7. The Morgan fingerprint density at radius 3 is 2.62 bits per heavy atom. The Labute approximate surface area is 78.1 Å². The van der Waals surface area contributed by atoms with Gasteiger partial charge in [0.25, 0.3) is 0 Å². The molecular weight excluding hydrogens is 168 g/mol. The molecule has 1 aliphatic rings. The van der Waals surface area contributed by atoms with Gasteiger partial charge in [-0.3, -0.25) is 4.79 Å². The predicted octanol–water partition coefficient (Wildman–Crippen LogP) is 1.28. The largest absolute Gasteiger partial charge is 0.481 e. The second kappa shape index (κ2) is 4.42. The molecule has 0 spiro atoms. The van der Waals surface area contributed by atoms with E-state index in [0.717, 1.165) is 12.8 Å². The molecule has 0 aromatic rings. The van der Waals surface area contributed by atoms with Crippen LogP contribution in [0.15, 0.2) is 12.7 Å². The maximum atomic E-state index is 10.7. The lowest BCUT2D eigenvalue weighted by Crippen LogP contribution is -2.00. The molecule has 3 unspecified atom stereocenters. The number of rotatable bonds is 6. The number of aliphatic hydroxyl groups excluding tert-OH is 1. The summed E-state index contributed by atoms with van der Waals surface area (Å²) in [6.07, 6.45) is 4.10. The van der Waals surface area contributed by atoms with Gasteiger partial charge in [-0.1, -0.05) is 6.08 Å². The van der Waals surface area contributed by atoms with E-state index in [1.54, 1.807) is 6.08 Å². The van der Waals surface area contributed by atoms with Gasteiger partial charge in [0.05, 0.1) is 5.92 Å². The van der Waals surface area contributed by atoms with Gasteiger partial charge in [0, 0.05) is 6.61 Å². The van der Waals surface area contributed by atoms with Crippen molar-refractivity contribution in [1.29, 1.82) is 0 Å². The third-order valence-electron chi connectivity index (χ3n) is 2.75. The van der Waals surface area contributed by atoms with E-state index in [4.69, 9.17) is 10.2 Å². The van der Waals surface area contributed by atoms with Crippen molar-refractivity contribution in [1.82, 2.24) is 0 Å². The van der Waals surface area contributed by atoms with Crippen LogP contribution in [-0.2, 0) is 4.79 Å². The minimum Gasteiger partial charge on any atom is -0.481 e. The molecule has 1 aliphatic carbocycles. The van der Waals surface area contributed by atoms with E-state index < -0.39 is 5.97 Å². The Morgan fingerprint density at radius 2 is 2.15 bits per heavy atom. The summed E-state index contributed by atoms with van der Waals surface area (Å²) in [5.74, 6) is -0.358. The Hall–Kier alpha value is -0.830. The molecule has 0 radical (unpaired) electrons. The summed E-state index contributed by atoms with van der Waals surface area (Å²) in [6, 6.07) is 0. The fourth-order valence-corrected chi connectivity index (χ4v) is 2.05. The number of aliphatic hydroxyl groups is 1. The number of carboxylic acid groups (broad SMARTS) is 1. The van der Waals surface area contributed by atoms with Crippen LogP contribution >= 0.6 is 0 Å². The van der Waals surface area contributed by atoms with Gasteiger partial charge in [-0.05, 0) is 31.1 Å². The Bertz CT molecular complexity index is 200. The number of carbonyl (C=O) groups is 1.